The zero-order valence-electron chi connectivity index (χ0n) is 18.8. The minimum Gasteiger partial charge on any atom is -0.326 e. The van der Waals surface area contributed by atoms with Gasteiger partial charge in [0.25, 0.3) is 0 Å². The van der Waals surface area contributed by atoms with Gasteiger partial charge in [-0.1, -0.05) is 13.5 Å². The van der Waals surface area contributed by atoms with Crippen LogP contribution in [0.2, 0.25) is 0 Å². The Morgan fingerprint density at radius 2 is 2.00 bits per heavy atom. The lowest BCUT2D eigenvalue weighted by molar-refractivity contribution is 0.487. The molecule has 5 rings (SSSR count). The maximum absolute atomic E-state index is 14.8. The van der Waals surface area contributed by atoms with Crippen LogP contribution in [0.15, 0.2) is 30.5 Å². The fourth-order valence-electron chi connectivity index (χ4n) is 4.42. The number of nitrogens with one attached hydrogen (secondary N) is 2. The third-order valence-corrected chi connectivity index (χ3v) is 5.89. The van der Waals surface area contributed by atoms with E-state index in [1.165, 1.54) is 0 Å². The minimum atomic E-state index is -0.704. The van der Waals surface area contributed by atoms with E-state index in [4.69, 9.17) is 0 Å². The minimum absolute atomic E-state index is 0. The summed E-state index contributed by atoms with van der Waals surface area (Å²) >= 11 is 0. The fraction of sp³-hybridized carbons (Fsp3) is 0.360. The van der Waals surface area contributed by atoms with Gasteiger partial charge in [-0.15, -0.1) is 0 Å². The Balaban J connectivity index is 0.00000274. The quantitative estimate of drug-likeness (QED) is 0.410. The summed E-state index contributed by atoms with van der Waals surface area (Å²) in [6, 6.07) is 7.41. The molecule has 2 N–H and O–H groups in total. The van der Waals surface area contributed by atoms with E-state index in [0.717, 1.165) is 48.3 Å². The number of aromatic nitrogens is 5. The molecule has 7 nitrogen and oxygen atoms in total. The van der Waals surface area contributed by atoms with E-state index in [0.29, 0.717) is 22.5 Å². The Labute approximate surface area is 197 Å². The van der Waals surface area contributed by atoms with Gasteiger partial charge in [0.1, 0.15) is 24.0 Å². The Hall–Kier alpha value is -3.46. The van der Waals surface area contributed by atoms with Crippen LogP contribution in [0, 0.1) is 12.7 Å². The smallest absolute Gasteiger partial charge is 0.229 e. The monoisotopic (exact) mass is 465 g/mol. The molecule has 1 aliphatic heterocycles. The molecular formula is C25H29F2N7. The van der Waals surface area contributed by atoms with Crippen LogP contribution < -0.4 is 10.6 Å². The van der Waals surface area contributed by atoms with Gasteiger partial charge in [-0.25, -0.2) is 28.7 Å². The lowest BCUT2D eigenvalue weighted by Gasteiger charge is -2.17. The highest BCUT2D eigenvalue weighted by atomic mass is 19.1. The number of halogens is 2. The van der Waals surface area contributed by atoms with E-state index in [-0.39, 0.29) is 25.1 Å². The normalized spacial score (nSPS) is 13.1. The highest BCUT2D eigenvalue weighted by Crippen LogP contribution is 2.31. The van der Waals surface area contributed by atoms with Crippen molar-refractivity contribution in [2.24, 2.45) is 0 Å². The van der Waals surface area contributed by atoms with Crippen molar-refractivity contribution in [3.63, 3.8) is 0 Å². The van der Waals surface area contributed by atoms with E-state index in [1.54, 1.807) is 6.07 Å². The van der Waals surface area contributed by atoms with Crippen molar-refractivity contribution in [1.29, 1.82) is 0 Å². The number of benzene rings is 1. The maximum Gasteiger partial charge on any atom is 0.229 e. The van der Waals surface area contributed by atoms with Gasteiger partial charge < -0.3 is 15.2 Å². The van der Waals surface area contributed by atoms with E-state index in [9.17, 15) is 8.78 Å². The zero-order chi connectivity index (χ0) is 23.1. The first-order valence-electron chi connectivity index (χ1n) is 11.0. The van der Waals surface area contributed by atoms with Crippen LogP contribution in [-0.4, -0.2) is 31.0 Å². The number of fused-ring (bicyclic) bond motifs is 2. The Morgan fingerprint density at radius 3 is 2.76 bits per heavy atom. The second-order valence-corrected chi connectivity index (χ2v) is 8.50. The van der Waals surface area contributed by atoms with Crippen LogP contribution in [0.25, 0.3) is 22.3 Å². The molecule has 1 aromatic carbocycles. The second-order valence-electron chi connectivity index (χ2n) is 8.50. The number of aryl methyl sites for hydroxylation is 1. The zero-order valence-corrected chi connectivity index (χ0v) is 18.8. The lowest BCUT2D eigenvalue weighted by atomic mass is 10.1. The molecule has 0 unspecified atom stereocenters. The van der Waals surface area contributed by atoms with Gasteiger partial charge in [0.05, 0.1) is 17.2 Å². The van der Waals surface area contributed by atoms with E-state index in [2.05, 4.69) is 30.6 Å². The van der Waals surface area contributed by atoms with Gasteiger partial charge >= 0.3 is 0 Å². The molecular weight excluding hydrogens is 436 g/mol. The summed E-state index contributed by atoms with van der Waals surface area (Å²) in [5, 5.41) is 6.40. The molecule has 0 atom stereocenters. The van der Waals surface area contributed by atoms with E-state index >= 15 is 0 Å². The Bertz CT molecular complexity index is 1350. The Kier molecular flexibility index (Phi) is 6.56. The number of anilines is 2. The van der Waals surface area contributed by atoms with Gasteiger partial charge in [-0.2, -0.15) is 0 Å². The molecule has 4 heterocycles. The van der Waals surface area contributed by atoms with Crippen LogP contribution in [0.5, 0.6) is 0 Å². The molecule has 9 heteroatoms. The molecule has 4 aromatic rings. The van der Waals surface area contributed by atoms with Crippen molar-refractivity contribution < 1.29 is 8.78 Å². The largest absolute Gasteiger partial charge is 0.326 e. The third-order valence-electron chi connectivity index (χ3n) is 5.89. The van der Waals surface area contributed by atoms with Gasteiger partial charge in [0.15, 0.2) is 5.82 Å². The summed E-state index contributed by atoms with van der Waals surface area (Å²) in [4.78, 5) is 17.7. The molecule has 0 bridgehead atoms. The van der Waals surface area contributed by atoms with Crippen LogP contribution in [0.3, 0.4) is 0 Å². The van der Waals surface area contributed by atoms with Gasteiger partial charge in [-0.3, -0.25) is 0 Å². The number of hydrogen-bond acceptors (Lipinski definition) is 6. The summed E-state index contributed by atoms with van der Waals surface area (Å²) in [5.74, 6) is 1.03. The van der Waals surface area contributed by atoms with E-state index in [1.807, 2.05) is 43.5 Å². The lowest BCUT2D eigenvalue weighted by Crippen LogP contribution is -2.24. The first-order chi connectivity index (χ1) is 15.9. The molecule has 34 heavy (non-hydrogen) atoms. The van der Waals surface area contributed by atoms with Gasteiger partial charge in [0, 0.05) is 42.4 Å². The highest BCUT2D eigenvalue weighted by molar-refractivity contribution is 5.85. The topological polar surface area (TPSA) is 80.6 Å². The maximum atomic E-state index is 14.8. The number of imidazole rings is 1. The predicted octanol–water partition coefficient (Wildman–Crippen LogP) is 5.41. The second kappa shape index (κ2) is 9.42. The standard InChI is InChI=1S/C24H25F2N7.CH4/c1-13(2)33-14(3)29-23-17(10-25)8-16(9-20(23)33)22-18(26)12-28-24(32-22)31-21-5-4-15-11-27-7-6-19(15)30-21;/h4-5,8-9,12-13,27H,6-7,10-11H2,1-3H3,(H,28,30,31,32);1H4. The molecule has 0 aliphatic carbocycles. The number of pyridine rings is 1. The fourth-order valence-corrected chi connectivity index (χ4v) is 4.42. The van der Waals surface area contributed by atoms with Crippen LogP contribution in [-0.2, 0) is 19.6 Å². The summed E-state index contributed by atoms with van der Waals surface area (Å²) in [6.45, 7) is 6.93. The number of hydrogen-bond donors (Lipinski definition) is 2. The predicted molar refractivity (Wildman–Crippen MR) is 130 cm³/mol. The molecule has 178 valence electrons. The van der Waals surface area contributed by atoms with Crippen molar-refractivity contribution >= 4 is 22.8 Å². The molecule has 0 radical (unpaired) electrons. The number of alkyl halides is 1. The molecule has 0 spiro atoms. The molecule has 0 amide bonds. The Morgan fingerprint density at radius 1 is 1.18 bits per heavy atom. The average molecular weight is 466 g/mol. The number of rotatable bonds is 5. The average Bonchev–Trinajstić information content (AvgIpc) is 3.15. The third kappa shape index (κ3) is 4.23. The van der Waals surface area contributed by atoms with Crippen molar-refractivity contribution in [1.82, 2.24) is 29.8 Å². The van der Waals surface area contributed by atoms with Gasteiger partial charge in [0.2, 0.25) is 5.95 Å². The van der Waals surface area contributed by atoms with Crippen LogP contribution >= 0.6 is 0 Å². The first-order valence-corrected chi connectivity index (χ1v) is 11.0. The number of nitrogens with zero attached hydrogens (tertiary/aromatic N) is 5. The highest BCUT2D eigenvalue weighted by Gasteiger charge is 2.19. The van der Waals surface area contributed by atoms with E-state index < -0.39 is 12.5 Å². The summed E-state index contributed by atoms with van der Waals surface area (Å²) in [5.41, 5.74) is 4.51. The van der Waals surface area contributed by atoms with Crippen LogP contribution in [0.4, 0.5) is 20.5 Å². The van der Waals surface area contributed by atoms with Crippen molar-refractivity contribution in [3.8, 4) is 11.3 Å². The molecule has 0 saturated heterocycles. The van der Waals surface area contributed by atoms with Gasteiger partial charge in [-0.05, 0) is 44.5 Å². The summed E-state index contributed by atoms with van der Waals surface area (Å²) in [6.07, 6.45) is 1.96. The van der Waals surface area contributed by atoms with Crippen molar-refractivity contribution in [3.05, 3.63) is 58.9 Å². The molecule has 3 aromatic heterocycles. The van der Waals surface area contributed by atoms with Crippen LogP contribution in [0.1, 0.15) is 50.0 Å². The first kappa shape index (κ1) is 23.7. The SMILES string of the molecule is C.Cc1nc2c(CF)cc(-c3nc(Nc4ccc5c(n4)CCNC5)ncc3F)cc2n1C(C)C. The van der Waals surface area contributed by atoms with Crippen molar-refractivity contribution in [2.75, 3.05) is 11.9 Å². The summed E-state index contributed by atoms with van der Waals surface area (Å²) < 4.78 is 30.7. The molecule has 0 saturated carbocycles. The summed E-state index contributed by atoms with van der Waals surface area (Å²) in [7, 11) is 0. The molecule has 1 aliphatic rings. The molecule has 0 fully saturated rings. The van der Waals surface area contributed by atoms with Crippen molar-refractivity contribution in [2.45, 2.75) is 53.9 Å².